The lowest BCUT2D eigenvalue weighted by atomic mass is 10.0. The maximum atomic E-state index is 13.4. The van der Waals surface area contributed by atoms with Crippen molar-refractivity contribution in [2.45, 2.75) is 44.8 Å². The average molecular weight is 356 g/mol. The van der Waals surface area contributed by atoms with Crippen molar-refractivity contribution in [2.75, 3.05) is 6.54 Å². The van der Waals surface area contributed by atoms with Gasteiger partial charge in [-0.2, -0.15) is 13.2 Å². The second kappa shape index (κ2) is 7.98. The van der Waals surface area contributed by atoms with Crippen LogP contribution in [0.1, 0.15) is 31.7 Å². The summed E-state index contributed by atoms with van der Waals surface area (Å²) in [5.74, 6) is -0.396. The molecule has 114 valence electrons. The van der Waals surface area contributed by atoms with Crippen molar-refractivity contribution < 1.29 is 17.6 Å². The molecule has 1 aromatic carbocycles. The molecule has 1 unspecified atom stereocenters. The number of alkyl halides is 3. The molecule has 1 rings (SSSR count). The van der Waals surface area contributed by atoms with Gasteiger partial charge in [0.1, 0.15) is 5.82 Å². The topological polar surface area (TPSA) is 12.0 Å². The van der Waals surface area contributed by atoms with Crippen LogP contribution < -0.4 is 5.32 Å². The lowest BCUT2D eigenvalue weighted by Gasteiger charge is -2.20. The number of benzene rings is 1. The number of hydrogen-bond donors (Lipinski definition) is 1. The summed E-state index contributed by atoms with van der Waals surface area (Å²) in [4.78, 5) is 0. The molecule has 1 nitrogen and oxygen atoms in total. The molecule has 0 saturated carbocycles. The molecule has 0 amide bonds. The summed E-state index contributed by atoms with van der Waals surface area (Å²) in [6, 6.07) is 4.30. The zero-order valence-electron chi connectivity index (χ0n) is 11.2. The van der Waals surface area contributed by atoms with Gasteiger partial charge in [0.25, 0.3) is 0 Å². The second-order valence-electron chi connectivity index (χ2n) is 4.72. The van der Waals surface area contributed by atoms with Gasteiger partial charge >= 0.3 is 6.18 Å². The third-order valence-corrected chi connectivity index (χ3v) is 3.85. The molecule has 0 heterocycles. The van der Waals surface area contributed by atoms with E-state index in [-0.39, 0.29) is 12.5 Å². The summed E-state index contributed by atoms with van der Waals surface area (Å²) in [7, 11) is 0. The molecule has 0 spiro atoms. The molecule has 0 aliphatic heterocycles. The van der Waals surface area contributed by atoms with Crippen molar-refractivity contribution in [3.8, 4) is 0 Å². The monoisotopic (exact) mass is 355 g/mol. The van der Waals surface area contributed by atoms with Crippen LogP contribution in [0.25, 0.3) is 0 Å². The van der Waals surface area contributed by atoms with Gasteiger partial charge in [-0.05, 0) is 53.4 Å². The molecular formula is C14H18BrF4N. The zero-order chi connectivity index (χ0) is 15.2. The maximum absolute atomic E-state index is 13.4. The van der Waals surface area contributed by atoms with E-state index in [0.29, 0.717) is 23.0 Å². The summed E-state index contributed by atoms with van der Waals surface area (Å²) >= 11 is 3.14. The quantitative estimate of drug-likeness (QED) is 0.690. The molecule has 0 bridgehead atoms. The molecule has 1 atom stereocenters. The van der Waals surface area contributed by atoms with Crippen LogP contribution in [-0.4, -0.2) is 18.8 Å². The standard InChI is InChI=1S/C14H18BrF4N/c1-2-8-20-11(6-7-14(17,18)19)9-10-4-3-5-12(16)13(10)15/h3-5,11,20H,2,6-9H2,1H3. The Morgan fingerprint density at radius 3 is 2.60 bits per heavy atom. The summed E-state index contributed by atoms with van der Waals surface area (Å²) in [6.45, 7) is 2.60. The Balaban J connectivity index is 2.70. The van der Waals surface area contributed by atoms with Gasteiger partial charge in [0, 0.05) is 12.5 Å². The van der Waals surface area contributed by atoms with Gasteiger partial charge in [0.2, 0.25) is 0 Å². The Morgan fingerprint density at radius 1 is 1.30 bits per heavy atom. The zero-order valence-corrected chi connectivity index (χ0v) is 12.8. The maximum Gasteiger partial charge on any atom is 0.389 e. The fourth-order valence-electron chi connectivity index (χ4n) is 1.93. The number of rotatable bonds is 7. The fourth-order valence-corrected chi connectivity index (χ4v) is 2.36. The van der Waals surface area contributed by atoms with Crippen LogP contribution in [0.5, 0.6) is 0 Å². The number of nitrogens with one attached hydrogen (secondary N) is 1. The lowest BCUT2D eigenvalue weighted by Crippen LogP contribution is -2.33. The Kier molecular flexibility index (Phi) is 6.95. The van der Waals surface area contributed by atoms with E-state index in [0.717, 1.165) is 6.42 Å². The van der Waals surface area contributed by atoms with Crippen molar-refractivity contribution in [3.05, 3.63) is 34.1 Å². The molecule has 0 aliphatic rings. The summed E-state index contributed by atoms with van der Waals surface area (Å²) in [5, 5.41) is 3.09. The van der Waals surface area contributed by atoms with Crippen molar-refractivity contribution in [2.24, 2.45) is 0 Å². The highest BCUT2D eigenvalue weighted by molar-refractivity contribution is 9.10. The SMILES string of the molecule is CCCNC(CCC(F)(F)F)Cc1cccc(F)c1Br. The largest absolute Gasteiger partial charge is 0.389 e. The van der Waals surface area contributed by atoms with Crippen molar-refractivity contribution in [3.63, 3.8) is 0 Å². The molecule has 1 N–H and O–H groups in total. The van der Waals surface area contributed by atoms with Crippen LogP contribution in [0, 0.1) is 5.82 Å². The molecule has 0 aromatic heterocycles. The second-order valence-corrected chi connectivity index (χ2v) is 5.51. The van der Waals surface area contributed by atoms with Gasteiger partial charge in [-0.3, -0.25) is 0 Å². The highest BCUT2D eigenvalue weighted by Crippen LogP contribution is 2.26. The average Bonchev–Trinajstić information content (AvgIpc) is 2.37. The minimum Gasteiger partial charge on any atom is -0.314 e. The first-order valence-electron chi connectivity index (χ1n) is 6.56. The molecule has 0 aliphatic carbocycles. The molecule has 0 radical (unpaired) electrons. The Hall–Kier alpha value is -0.620. The van der Waals surface area contributed by atoms with E-state index in [9.17, 15) is 17.6 Å². The first-order chi connectivity index (χ1) is 9.33. The molecule has 1 aromatic rings. The Labute approximate surface area is 124 Å². The first kappa shape index (κ1) is 17.4. The van der Waals surface area contributed by atoms with Crippen molar-refractivity contribution >= 4 is 15.9 Å². The van der Waals surface area contributed by atoms with Crippen molar-refractivity contribution in [1.29, 1.82) is 0 Å². The van der Waals surface area contributed by atoms with Gasteiger partial charge in [-0.1, -0.05) is 19.1 Å². The van der Waals surface area contributed by atoms with Gasteiger partial charge < -0.3 is 5.32 Å². The Morgan fingerprint density at radius 2 is 2.00 bits per heavy atom. The van der Waals surface area contributed by atoms with Crippen LogP contribution in [-0.2, 0) is 6.42 Å². The minimum atomic E-state index is -4.16. The highest BCUT2D eigenvalue weighted by Gasteiger charge is 2.28. The normalized spacial score (nSPS) is 13.5. The number of hydrogen-bond acceptors (Lipinski definition) is 1. The smallest absolute Gasteiger partial charge is 0.314 e. The van der Waals surface area contributed by atoms with E-state index in [1.165, 1.54) is 6.07 Å². The Bertz CT molecular complexity index is 420. The van der Waals surface area contributed by atoms with Gasteiger partial charge in [0.15, 0.2) is 0 Å². The van der Waals surface area contributed by atoms with E-state index in [4.69, 9.17) is 0 Å². The number of halogens is 5. The molecular weight excluding hydrogens is 338 g/mol. The van der Waals surface area contributed by atoms with Gasteiger partial charge in [-0.25, -0.2) is 4.39 Å². The van der Waals surface area contributed by atoms with Crippen LogP contribution >= 0.6 is 15.9 Å². The molecule has 6 heteroatoms. The van der Waals surface area contributed by atoms with Crippen LogP contribution in [0.15, 0.2) is 22.7 Å². The van der Waals surface area contributed by atoms with Crippen LogP contribution in [0.2, 0.25) is 0 Å². The molecule has 20 heavy (non-hydrogen) atoms. The van der Waals surface area contributed by atoms with Crippen molar-refractivity contribution in [1.82, 2.24) is 5.32 Å². The summed E-state index contributed by atoms with van der Waals surface area (Å²) < 4.78 is 50.7. The molecule has 0 fully saturated rings. The van der Waals surface area contributed by atoms with Crippen LogP contribution in [0.4, 0.5) is 17.6 Å². The minimum absolute atomic E-state index is 0.00749. The molecule has 0 saturated heterocycles. The predicted molar refractivity (Wildman–Crippen MR) is 75.2 cm³/mol. The van der Waals surface area contributed by atoms with E-state index in [1.807, 2.05) is 6.92 Å². The van der Waals surface area contributed by atoms with Gasteiger partial charge in [0.05, 0.1) is 4.47 Å². The lowest BCUT2D eigenvalue weighted by molar-refractivity contribution is -0.136. The van der Waals surface area contributed by atoms with E-state index >= 15 is 0 Å². The van der Waals surface area contributed by atoms with E-state index < -0.39 is 18.4 Å². The van der Waals surface area contributed by atoms with E-state index in [1.54, 1.807) is 12.1 Å². The van der Waals surface area contributed by atoms with Crippen LogP contribution in [0.3, 0.4) is 0 Å². The third-order valence-electron chi connectivity index (χ3n) is 2.96. The third kappa shape index (κ3) is 6.22. The fraction of sp³-hybridized carbons (Fsp3) is 0.571. The summed E-state index contributed by atoms with van der Waals surface area (Å²) in [5.41, 5.74) is 0.681. The van der Waals surface area contributed by atoms with E-state index in [2.05, 4.69) is 21.2 Å². The predicted octanol–water partition coefficient (Wildman–Crippen LogP) is 4.84. The first-order valence-corrected chi connectivity index (χ1v) is 7.35. The summed E-state index contributed by atoms with van der Waals surface area (Å²) in [6.07, 6.45) is -3.79. The van der Waals surface area contributed by atoms with Gasteiger partial charge in [-0.15, -0.1) is 0 Å². The highest BCUT2D eigenvalue weighted by atomic mass is 79.9.